The first-order chi connectivity index (χ1) is 8.95. The molecule has 112 valence electrons. The van der Waals surface area contributed by atoms with Crippen molar-refractivity contribution < 1.29 is 4.74 Å². The number of halogens is 1. The van der Waals surface area contributed by atoms with E-state index in [2.05, 4.69) is 36.7 Å². The predicted octanol–water partition coefficient (Wildman–Crippen LogP) is 5.71. The van der Waals surface area contributed by atoms with Crippen LogP contribution < -0.4 is 0 Å². The monoisotopic (exact) mass is 330 g/mol. The minimum absolute atomic E-state index is 0.143. The average molecular weight is 331 g/mol. The van der Waals surface area contributed by atoms with Gasteiger partial charge in [-0.15, -0.1) is 0 Å². The van der Waals surface area contributed by atoms with Crippen molar-refractivity contribution in [3.05, 3.63) is 0 Å². The Morgan fingerprint density at radius 2 is 1.58 bits per heavy atom. The largest absolute Gasteiger partial charge is 0.371 e. The molecule has 0 bridgehead atoms. The molecule has 0 radical (unpaired) electrons. The minimum Gasteiger partial charge on any atom is -0.371 e. The highest BCUT2D eigenvalue weighted by atomic mass is 79.9. The third-order valence-electron chi connectivity index (χ3n) is 5.33. The standard InChI is InChI=1S/C17H31BrO/c1-16(2,3)14-9-11-17(13-18,12-10-14)19-15-7-5-4-6-8-15/h14-15H,4-13H2,1-3H3. The van der Waals surface area contributed by atoms with E-state index in [1.807, 2.05) is 0 Å². The minimum atomic E-state index is 0.143. The Bertz CT molecular complexity index is 267. The van der Waals surface area contributed by atoms with Gasteiger partial charge in [0.25, 0.3) is 0 Å². The van der Waals surface area contributed by atoms with Crippen molar-refractivity contribution in [2.75, 3.05) is 5.33 Å². The van der Waals surface area contributed by atoms with E-state index in [1.165, 1.54) is 57.8 Å². The lowest BCUT2D eigenvalue weighted by Crippen LogP contribution is -2.44. The number of ether oxygens (including phenoxy) is 1. The Morgan fingerprint density at radius 3 is 2.05 bits per heavy atom. The molecule has 1 nitrogen and oxygen atoms in total. The van der Waals surface area contributed by atoms with E-state index in [0.29, 0.717) is 11.5 Å². The second-order valence-corrected chi connectivity index (χ2v) is 8.40. The molecule has 2 heteroatoms. The smallest absolute Gasteiger partial charge is 0.0782 e. The molecule has 0 N–H and O–H groups in total. The van der Waals surface area contributed by atoms with Gasteiger partial charge in [-0.3, -0.25) is 0 Å². The van der Waals surface area contributed by atoms with Crippen LogP contribution in [0.2, 0.25) is 0 Å². The molecule has 0 spiro atoms. The summed E-state index contributed by atoms with van der Waals surface area (Å²) in [6.45, 7) is 7.17. The van der Waals surface area contributed by atoms with E-state index in [9.17, 15) is 0 Å². The highest BCUT2D eigenvalue weighted by molar-refractivity contribution is 9.09. The fraction of sp³-hybridized carbons (Fsp3) is 1.00. The molecule has 0 amide bonds. The maximum absolute atomic E-state index is 6.58. The van der Waals surface area contributed by atoms with E-state index in [-0.39, 0.29) is 5.60 Å². The normalized spacial score (nSPS) is 34.4. The van der Waals surface area contributed by atoms with Crippen molar-refractivity contribution in [1.29, 1.82) is 0 Å². The number of alkyl halides is 1. The molecule has 2 saturated carbocycles. The van der Waals surface area contributed by atoms with Crippen LogP contribution in [0.3, 0.4) is 0 Å². The summed E-state index contributed by atoms with van der Waals surface area (Å²) in [6, 6.07) is 0. The van der Waals surface area contributed by atoms with Gasteiger partial charge in [-0.05, 0) is 49.9 Å². The molecular weight excluding hydrogens is 300 g/mol. The molecule has 0 aliphatic heterocycles. The van der Waals surface area contributed by atoms with Crippen molar-refractivity contribution >= 4 is 15.9 Å². The van der Waals surface area contributed by atoms with Gasteiger partial charge in [0.1, 0.15) is 0 Å². The van der Waals surface area contributed by atoms with Crippen LogP contribution in [0.5, 0.6) is 0 Å². The lowest BCUT2D eigenvalue weighted by molar-refractivity contribution is -0.119. The molecule has 0 aromatic rings. The molecule has 2 fully saturated rings. The molecule has 0 aromatic carbocycles. The Morgan fingerprint density at radius 1 is 1.00 bits per heavy atom. The lowest BCUT2D eigenvalue weighted by Gasteiger charge is -2.45. The van der Waals surface area contributed by atoms with Crippen molar-refractivity contribution in [3.8, 4) is 0 Å². The van der Waals surface area contributed by atoms with Crippen LogP contribution in [-0.2, 0) is 4.74 Å². The fourth-order valence-corrected chi connectivity index (χ4v) is 4.52. The summed E-state index contributed by atoms with van der Waals surface area (Å²) in [5, 5.41) is 1.02. The van der Waals surface area contributed by atoms with E-state index in [1.54, 1.807) is 0 Å². The van der Waals surface area contributed by atoms with Crippen LogP contribution in [0.1, 0.15) is 78.6 Å². The maximum Gasteiger partial charge on any atom is 0.0782 e. The first-order valence-electron chi connectivity index (χ1n) is 8.19. The van der Waals surface area contributed by atoms with Crippen molar-refractivity contribution in [2.24, 2.45) is 11.3 Å². The average Bonchev–Trinajstić information content (AvgIpc) is 2.39. The van der Waals surface area contributed by atoms with E-state index < -0.39 is 0 Å². The van der Waals surface area contributed by atoms with Crippen LogP contribution in [0.25, 0.3) is 0 Å². The van der Waals surface area contributed by atoms with Gasteiger partial charge in [0.05, 0.1) is 11.7 Å². The Hall–Kier alpha value is 0.440. The van der Waals surface area contributed by atoms with Crippen LogP contribution in [0.15, 0.2) is 0 Å². The van der Waals surface area contributed by atoms with Gasteiger partial charge >= 0.3 is 0 Å². The predicted molar refractivity (Wildman–Crippen MR) is 85.9 cm³/mol. The van der Waals surface area contributed by atoms with Crippen LogP contribution in [0, 0.1) is 11.3 Å². The van der Waals surface area contributed by atoms with E-state index in [4.69, 9.17) is 4.74 Å². The molecular formula is C17H31BrO. The molecule has 0 unspecified atom stereocenters. The second kappa shape index (κ2) is 6.47. The molecule has 19 heavy (non-hydrogen) atoms. The van der Waals surface area contributed by atoms with Gasteiger partial charge in [0.2, 0.25) is 0 Å². The van der Waals surface area contributed by atoms with Crippen molar-refractivity contribution in [1.82, 2.24) is 0 Å². The Labute approximate surface area is 128 Å². The summed E-state index contributed by atoms with van der Waals surface area (Å²) in [5.74, 6) is 0.870. The number of hydrogen-bond acceptors (Lipinski definition) is 1. The summed E-state index contributed by atoms with van der Waals surface area (Å²) < 4.78 is 6.58. The molecule has 2 aliphatic rings. The van der Waals surface area contributed by atoms with Crippen LogP contribution >= 0.6 is 15.9 Å². The quantitative estimate of drug-likeness (QED) is 0.602. The summed E-state index contributed by atoms with van der Waals surface area (Å²) in [6.07, 6.45) is 12.4. The van der Waals surface area contributed by atoms with Gasteiger partial charge in [0.15, 0.2) is 0 Å². The maximum atomic E-state index is 6.58. The number of rotatable bonds is 3. The first kappa shape index (κ1) is 15.8. The molecule has 0 aromatic heterocycles. The Kier molecular flexibility index (Phi) is 5.39. The first-order valence-corrected chi connectivity index (χ1v) is 9.31. The zero-order valence-corrected chi connectivity index (χ0v) is 14.6. The molecule has 0 heterocycles. The molecule has 2 rings (SSSR count). The van der Waals surface area contributed by atoms with Gasteiger partial charge in [-0.2, -0.15) is 0 Å². The topological polar surface area (TPSA) is 9.23 Å². The molecule has 2 aliphatic carbocycles. The summed E-state index contributed by atoms with van der Waals surface area (Å²) in [7, 11) is 0. The molecule has 0 saturated heterocycles. The highest BCUT2D eigenvalue weighted by Crippen LogP contribution is 2.44. The van der Waals surface area contributed by atoms with Crippen molar-refractivity contribution in [2.45, 2.75) is 90.3 Å². The van der Waals surface area contributed by atoms with Gasteiger partial charge < -0.3 is 4.74 Å². The summed E-state index contributed by atoms with van der Waals surface area (Å²) in [4.78, 5) is 0. The SMILES string of the molecule is CC(C)(C)C1CCC(CBr)(OC2CCCCC2)CC1. The Balaban J connectivity index is 1.90. The highest BCUT2D eigenvalue weighted by Gasteiger charge is 2.40. The van der Waals surface area contributed by atoms with Crippen LogP contribution in [-0.4, -0.2) is 17.0 Å². The molecule has 0 atom stereocenters. The number of hydrogen-bond donors (Lipinski definition) is 0. The zero-order valence-electron chi connectivity index (χ0n) is 13.0. The lowest BCUT2D eigenvalue weighted by atomic mass is 9.68. The third-order valence-corrected chi connectivity index (χ3v) is 6.36. The fourth-order valence-electron chi connectivity index (χ4n) is 3.83. The van der Waals surface area contributed by atoms with Gasteiger partial charge in [0, 0.05) is 5.33 Å². The van der Waals surface area contributed by atoms with Gasteiger partial charge in [-0.1, -0.05) is 56.0 Å². The summed E-state index contributed by atoms with van der Waals surface area (Å²) >= 11 is 3.74. The zero-order chi connectivity index (χ0) is 13.9. The third kappa shape index (κ3) is 4.20. The van der Waals surface area contributed by atoms with Crippen LogP contribution in [0.4, 0.5) is 0 Å². The second-order valence-electron chi connectivity index (χ2n) is 7.83. The van der Waals surface area contributed by atoms with Crippen molar-refractivity contribution in [3.63, 3.8) is 0 Å². The van der Waals surface area contributed by atoms with E-state index in [0.717, 1.165) is 11.2 Å². The van der Waals surface area contributed by atoms with Gasteiger partial charge in [-0.25, -0.2) is 0 Å². The summed E-state index contributed by atoms with van der Waals surface area (Å²) in [5.41, 5.74) is 0.604. The van der Waals surface area contributed by atoms with E-state index >= 15 is 0 Å².